The number of aliphatic hydroxyl groups is 2. The van der Waals surface area contributed by atoms with E-state index in [1.807, 2.05) is 24.3 Å². The smallest absolute Gasteiger partial charge is 0.227 e. The van der Waals surface area contributed by atoms with E-state index in [0.29, 0.717) is 31.9 Å². The van der Waals surface area contributed by atoms with Crippen LogP contribution < -0.4 is 10.5 Å². The summed E-state index contributed by atoms with van der Waals surface area (Å²) in [4.78, 5) is 14.0. The Morgan fingerprint density at radius 3 is 2.87 bits per heavy atom. The topological polar surface area (TPSA) is 96.0 Å². The first kappa shape index (κ1) is 19.7. The molecule has 1 aliphatic heterocycles. The number of β-amino-alcohol motifs (C(OH)–C–C–N with tert-alkyl or cyclic N) is 1. The summed E-state index contributed by atoms with van der Waals surface area (Å²) in [6.07, 6.45) is 0.251. The van der Waals surface area contributed by atoms with Gasteiger partial charge in [0.15, 0.2) is 0 Å². The molecule has 1 heterocycles. The molecule has 0 unspecified atom stereocenters. The number of aliphatic hydroxyl groups excluding tert-OH is 2. The van der Waals surface area contributed by atoms with E-state index in [1.54, 1.807) is 4.90 Å². The van der Waals surface area contributed by atoms with Crippen LogP contribution in [0, 0.1) is 5.92 Å². The SMILES string of the molecule is Cl.NCCOc1cccc(CC(=O)N2CC[C@H](CO)[C@@H](O)C2)c1. The average Bonchev–Trinajstić information content (AvgIpc) is 2.53. The second-order valence-electron chi connectivity index (χ2n) is 5.60. The summed E-state index contributed by atoms with van der Waals surface area (Å²) in [5.41, 5.74) is 6.27. The molecule has 23 heavy (non-hydrogen) atoms. The molecule has 4 N–H and O–H groups in total. The lowest BCUT2D eigenvalue weighted by Crippen LogP contribution is -2.48. The Kier molecular flexibility index (Phi) is 8.33. The van der Waals surface area contributed by atoms with Crippen molar-refractivity contribution in [2.45, 2.75) is 18.9 Å². The van der Waals surface area contributed by atoms with Crippen molar-refractivity contribution in [1.29, 1.82) is 0 Å². The number of likely N-dealkylation sites (tertiary alicyclic amines) is 1. The van der Waals surface area contributed by atoms with Gasteiger partial charge in [-0.1, -0.05) is 12.1 Å². The average molecular weight is 345 g/mol. The summed E-state index contributed by atoms with van der Waals surface area (Å²) >= 11 is 0. The molecule has 0 aliphatic carbocycles. The zero-order valence-corrected chi connectivity index (χ0v) is 13.9. The molecule has 1 aromatic rings. The number of carbonyl (C=O) groups is 1. The van der Waals surface area contributed by atoms with Crippen molar-refractivity contribution in [1.82, 2.24) is 4.90 Å². The van der Waals surface area contributed by atoms with Crippen molar-refractivity contribution in [3.8, 4) is 5.75 Å². The third kappa shape index (κ3) is 5.66. The van der Waals surface area contributed by atoms with Gasteiger partial charge in [-0.05, 0) is 24.1 Å². The first-order valence-corrected chi connectivity index (χ1v) is 7.62. The molecule has 2 rings (SSSR count). The van der Waals surface area contributed by atoms with Gasteiger partial charge in [0.25, 0.3) is 0 Å². The molecule has 1 amide bonds. The Labute approximate surface area is 142 Å². The quantitative estimate of drug-likeness (QED) is 0.684. The van der Waals surface area contributed by atoms with E-state index in [1.165, 1.54) is 0 Å². The molecule has 0 saturated carbocycles. The van der Waals surface area contributed by atoms with Crippen LogP contribution in [-0.4, -0.2) is 60.0 Å². The number of benzene rings is 1. The number of piperidine rings is 1. The number of ether oxygens (including phenoxy) is 1. The van der Waals surface area contributed by atoms with Gasteiger partial charge in [-0.25, -0.2) is 0 Å². The van der Waals surface area contributed by atoms with Gasteiger partial charge in [-0.3, -0.25) is 4.79 Å². The Hall–Kier alpha value is -1.34. The van der Waals surface area contributed by atoms with Gasteiger partial charge in [0.2, 0.25) is 5.91 Å². The Morgan fingerprint density at radius 1 is 1.43 bits per heavy atom. The minimum atomic E-state index is -0.651. The van der Waals surface area contributed by atoms with Crippen LogP contribution in [0.2, 0.25) is 0 Å². The largest absolute Gasteiger partial charge is 0.492 e. The molecule has 0 bridgehead atoms. The van der Waals surface area contributed by atoms with Crippen LogP contribution in [0.1, 0.15) is 12.0 Å². The number of carbonyl (C=O) groups excluding carboxylic acids is 1. The molecular weight excluding hydrogens is 320 g/mol. The summed E-state index contributed by atoms with van der Waals surface area (Å²) < 4.78 is 5.45. The van der Waals surface area contributed by atoms with Crippen molar-refractivity contribution in [3.63, 3.8) is 0 Å². The van der Waals surface area contributed by atoms with Gasteiger partial charge in [-0.2, -0.15) is 0 Å². The number of amides is 1. The summed E-state index contributed by atoms with van der Waals surface area (Å²) in [5, 5.41) is 19.0. The third-order valence-corrected chi connectivity index (χ3v) is 3.95. The first-order valence-electron chi connectivity index (χ1n) is 7.62. The number of nitrogens with zero attached hydrogens (tertiary/aromatic N) is 1. The lowest BCUT2D eigenvalue weighted by Gasteiger charge is -2.35. The highest BCUT2D eigenvalue weighted by Crippen LogP contribution is 2.19. The summed E-state index contributed by atoms with van der Waals surface area (Å²) in [5.74, 6) is 0.554. The Balaban J connectivity index is 0.00000264. The van der Waals surface area contributed by atoms with Crippen LogP contribution in [0.4, 0.5) is 0 Å². The number of hydrogen-bond acceptors (Lipinski definition) is 5. The lowest BCUT2D eigenvalue weighted by molar-refractivity contribution is -0.135. The van der Waals surface area contributed by atoms with E-state index in [0.717, 1.165) is 5.56 Å². The van der Waals surface area contributed by atoms with Crippen LogP contribution >= 0.6 is 12.4 Å². The molecule has 1 fully saturated rings. The van der Waals surface area contributed by atoms with Gasteiger partial charge in [-0.15, -0.1) is 12.4 Å². The fourth-order valence-corrected chi connectivity index (χ4v) is 2.63. The molecule has 6 nitrogen and oxygen atoms in total. The van der Waals surface area contributed by atoms with Gasteiger partial charge >= 0.3 is 0 Å². The highest BCUT2D eigenvalue weighted by atomic mass is 35.5. The number of nitrogens with two attached hydrogens (primary N) is 1. The molecule has 1 saturated heterocycles. The molecule has 0 radical (unpaired) electrons. The van der Waals surface area contributed by atoms with Crippen LogP contribution in [0.5, 0.6) is 5.75 Å². The molecule has 130 valence electrons. The highest BCUT2D eigenvalue weighted by molar-refractivity contribution is 5.85. The standard InChI is InChI=1S/C16H24N2O4.ClH/c17-5-7-22-14-3-1-2-12(8-14)9-16(21)18-6-4-13(11-19)15(20)10-18;/h1-3,8,13,15,19-20H,4-7,9-11,17H2;1H/t13-,15+;/m1./s1. The maximum atomic E-state index is 12.3. The van der Waals surface area contributed by atoms with E-state index in [2.05, 4.69) is 0 Å². The minimum Gasteiger partial charge on any atom is -0.492 e. The fourth-order valence-electron chi connectivity index (χ4n) is 2.63. The number of rotatable bonds is 6. The van der Waals surface area contributed by atoms with E-state index in [9.17, 15) is 9.90 Å². The lowest BCUT2D eigenvalue weighted by atomic mass is 9.94. The zero-order valence-electron chi connectivity index (χ0n) is 13.1. The molecule has 1 aliphatic rings. The van der Waals surface area contributed by atoms with Crippen molar-refractivity contribution in [3.05, 3.63) is 29.8 Å². The van der Waals surface area contributed by atoms with Crippen molar-refractivity contribution >= 4 is 18.3 Å². The van der Waals surface area contributed by atoms with Crippen molar-refractivity contribution in [2.75, 3.05) is 32.8 Å². The van der Waals surface area contributed by atoms with Crippen LogP contribution in [-0.2, 0) is 11.2 Å². The molecule has 7 heteroatoms. The van der Waals surface area contributed by atoms with Gasteiger partial charge in [0, 0.05) is 32.2 Å². The minimum absolute atomic E-state index is 0. The van der Waals surface area contributed by atoms with Gasteiger partial charge in [0.1, 0.15) is 12.4 Å². The first-order chi connectivity index (χ1) is 10.6. The van der Waals surface area contributed by atoms with Crippen molar-refractivity contribution < 1.29 is 19.7 Å². The summed E-state index contributed by atoms with van der Waals surface area (Å²) in [7, 11) is 0. The van der Waals surface area contributed by atoms with E-state index >= 15 is 0 Å². The number of hydrogen-bond donors (Lipinski definition) is 3. The molecule has 1 aromatic carbocycles. The number of halogens is 1. The van der Waals surface area contributed by atoms with E-state index in [4.69, 9.17) is 15.6 Å². The second kappa shape index (κ2) is 9.72. The van der Waals surface area contributed by atoms with E-state index < -0.39 is 6.10 Å². The fraction of sp³-hybridized carbons (Fsp3) is 0.562. The third-order valence-electron chi connectivity index (χ3n) is 3.95. The van der Waals surface area contributed by atoms with Crippen molar-refractivity contribution in [2.24, 2.45) is 11.7 Å². The molecular formula is C16H25ClN2O4. The van der Waals surface area contributed by atoms with Gasteiger partial charge in [0.05, 0.1) is 12.5 Å². The van der Waals surface area contributed by atoms with E-state index in [-0.39, 0.29) is 43.8 Å². The second-order valence-corrected chi connectivity index (χ2v) is 5.60. The predicted molar refractivity (Wildman–Crippen MR) is 89.7 cm³/mol. The maximum absolute atomic E-state index is 12.3. The predicted octanol–water partition coefficient (Wildman–Crippen LogP) is 0.190. The van der Waals surface area contributed by atoms with Gasteiger partial charge < -0.3 is 25.6 Å². The van der Waals surface area contributed by atoms with Crippen LogP contribution in [0.15, 0.2) is 24.3 Å². The highest BCUT2D eigenvalue weighted by Gasteiger charge is 2.29. The van der Waals surface area contributed by atoms with Crippen LogP contribution in [0.3, 0.4) is 0 Å². The monoisotopic (exact) mass is 344 g/mol. The Bertz CT molecular complexity index is 501. The maximum Gasteiger partial charge on any atom is 0.227 e. The molecule has 0 spiro atoms. The van der Waals surface area contributed by atoms with Crippen LogP contribution in [0.25, 0.3) is 0 Å². The molecule has 0 aromatic heterocycles. The Morgan fingerprint density at radius 2 is 2.22 bits per heavy atom. The summed E-state index contributed by atoms with van der Waals surface area (Å²) in [6, 6.07) is 7.40. The summed E-state index contributed by atoms with van der Waals surface area (Å²) in [6.45, 7) is 1.71. The zero-order chi connectivity index (χ0) is 15.9. The normalized spacial score (nSPS) is 20.7. The molecule has 2 atom stereocenters.